The zero-order valence-electron chi connectivity index (χ0n) is 13.7. The molecule has 0 unspecified atom stereocenters. The molecule has 2 rings (SSSR count). The molecule has 120 valence electrons. The molecular formula is C18H21N3O2. The second-order valence-corrected chi connectivity index (χ2v) is 5.28. The highest BCUT2D eigenvalue weighted by atomic mass is 16.5. The Labute approximate surface area is 136 Å². The lowest BCUT2D eigenvalue weighted by Gasteiger charge is -2.22. The number of allylic oxidation sites excluding steroid dienone is 2. The van der Waals surface area contributed by atoms with Crippen LogP contribution in [0.5, 0.6) is 0 Å². The Hall–Kier alpha value is -2.74. The van der Waals surface area contributed by atoms with Crippen molar-refractivity contribution in [2.45, 2.75) is 27.2 Å². The number of esters is 1. The normalized spacial score (nSPS) is 16.0. The summed E-state index contributed by atoms with van der Waals surface area (Å²) in [4.78, 5) is 14.0. The topological polar surface area (TPSA) is 65.4 Å². The fraction of sp³-hybridized carbons (Fsp3) is 0.333. The molecule has 0 amide bonds. The number of carbonyl (C=O) groups is 1. The van der Waals surface area contributed by atoms with Gasteiger partial charge in [0.25, 0.3) is 0 Å². The molecule has 0 radical (unpaired) electrons. The van der Waals surface area contributed by atoms with E-state index < -0.39 is 5.97 Å². The van der Waals surface area contributed by atoms with Crippen LogP contribution in [0.4, 0.5) is 0 Å². The Morgan fingerprint density at radius 2 is 2.00 bits per heavy atom. The molecule has 1 aromatic rings. The fourth-order valence-electron chi connectivity index (χ4n) is 2.47. The molecule has 0 spiro atoms. The molecule has 1 aromatic carbocycles. The monoisotopic (exact) mass is 311 g/mol. The maximum atomic E-state index is 12.0. The van der Waals surface area contributed by atoms with Gasteiger partial charge < -0.3 is 15.0 Å². The van der Waals surface area contributed by atoms with Crippen molar-refractivity contribution in [2.24, 2.45) is 0 Å². The van der Waals surface area contributed by atoms with Crippen LogP contribution >= 0.6 is 0 Å². The van der Waals surface area contributed by atoms with Gasteiger partial charge in [0, 0.05) is 17.9 Å². The van der Waals surface area contributed by atoms with Crippen LogP contribution in [0.1, 0.15) is 26.3 Å². The predicted molar refractivity (Wildman–Crippen MR) is 87.6 cm³/mol. The lowest BCUT2D eigenvalue weighted by atomic mass is 10.1. The standard InChI is InChI=1S/C18H21N3O2/c1-4-23-18(22)16(12-19)17-20-13(2)14(3)21(17)11-10-15-8-6-5-7-9-15/h5-9,20H,4,10-11H2,1-3H3/b17-16+. The molecule has 1 heterocycles. The summed E-state index contributed by atoms with van der Waals surface area (Å²) in [5.74, 6) is -0.0819. The molecule has 0 aliphatic carbocycles. The van der Waals surface area contributed by atoms with Crippen LogP contribution in [0.25, 0.3) is 0 Å². The Kier molecular flexibility index (Phi) is 5.42. The van der Waals surface area contributed by atoms with Gasteiger partial charge in [0.2, 0.25) is 0 Å². The summed E-state index contributed by atoms with van der Waals surface area (Å²) >= 11 is 0. The van der Waals surface area contributed by atoms with E-state index in [0.717, 1.165) is 17.8 Å². The SMILES string of the molecule is CCOC(=O)/C(C#N)=C1\NC(C)=C(C)N1CCc1ccccc1. The van der Waals surface area contributed by atoms with Gasteiger partial charge >= 0.3 is 5.97 Å². The van der Waals surface area contributed by atoms with Gasteiger partial charge in [0.1, 0.15) is 11.9 Å². The number of benzene rings is 1. The van der Waals surface area contributed by atoms with Gasteiger partial charge in [-0.05, 0) is 32.8 Å². The first kappa shape index (κ1) is 16.6. The fourth-order valence-corrected chi connectivity index (χ4v) is 2.47. The van der Waals surface area contributed by atoms with Gasteiger partial charge in [-0.1, -0.05) is 30.3 Å². The summed E-state index contributed by atoms with van der Waals surface area (Å²) in [6.07, 6.45) is 0.818. The van der Waals surface area contributed by atoms with Gasteiger partial charge in [-0.15, -0.1) is 0 Å². The maximum absolute atomic E-state index is 12.0. The lowest BCUT2D eigenvalue weighted by Crippen LogP contribution is -2.27. The quantitative estimate of drug-likeness (QED) is 0.514. The third-order valence-electron chi connectivity index (χ3n) is 3.82. The number of carbonyl (C=O) groups excluding carboxylic acids is 1. The third kappa shape index (κ3) is 3.72. The Bertz CT molecular complexity index is 684. The molecule has 0 aromatic heterocycles. The molecule has 0 saturated carbocycles. The van der Waals surface area contributed by atoms with E-state index in [1.165, 1.54) is 5.56 Å². The Morgan fingerprint density at radius 3 is 2.61 bits per heavy atom. The molecular weight excluding hydrogens is 290 g/mol. The number of ether oxygens (including phenoxy) is 1. The second kappa shape index (κ2) is 7.50. The van der Waals surface area contributed by atoms with E-state index in [1.54, 1.807) is 6.92 Å². The molecule has 0 atom stereocenters. The molecule has 0 bridgehead atoms. The average molecular weight is 311 g/mol. The van der Waals surface area contributed by atoms with Gasteiger partial charge in [-0.25, -0.2) is 4.79 Å². The summed E-state index contributed by atoms with van der Waals surface area (Å²) in [6.45, 7) is 6.55. The molecule has 23 heavy (non-hydrogen) atoms. The van der Waals surface area contributed by atoms with Crippen LogP contribution in [-0.4, -0.2) is 24.0 Å². The number of hydrogen-bond acceptors (Lipinski definition) is 5. The van der Waals surface area contributed by atoms with Crippen LogP contribution in [0, 0.1) is 11.3 Å². The number of nitrogens with zero attached hydrogens (tertiary/aromatic N) is 2. The minimum atomic E-state index is -0.593. The van der Waals surface area contributed by atoms with E-state index in [4.69, 9.17) is 4.74 Å². The minimum Gasteiger partial charge on any atom is -0.462 e. The molecule has 1 N–H and O–H groups in total. The largest absolute Gasteiger partial charge is 0.462 e. The summed E-state index contributed by atoms with van der Waals surface area (Å²) in [5, 5.41) is 12.5. The van der Waals surface area contributed by atoms with E-state index >= 15 is 0 Å². The van der Waals surface area contributed by atoms with Crippen molar-refractivity contribution >= 4 is 5.97 Å². The van der Waals surface area contributed by atoms with E-state index in [2.05, 4.69) is 17.4 Å². The third-order valence-corrected chi connectivity index (χ3v) is 3.82. The highest BCUT2D eigenvalue weighted by molar-refractivity contribution is 5.93. The van der Waals surface area contributed by atoms with Crippen molar-refractivity contribution in [3.8, 4) is 6.07 Å². The van der Waals surface area contributed by atoms with E-state index in [0.29, 0.717) is 12.4 Å². The molecule has 1 aliphatic heterocycles. The average Bonchev–Trinajstić information content (AvgIpc) is 2.82. The first-order chi connectivity index (χ1) is 11.1. The second-order valence-electron chi connectivity index (χ2n) is 5.28. The van der Waals surface area contributed by atoms with Crippen LogP contribution in [-0.2, 0) is 16.0 Å². The van der Waals surface area contributed by atoms with Gasteiger partial charge in [0.05, 0.1) is 6.61 Å². The molecule has 0 fully saturated rings. The van der Waals surface area contributed by atoms with Crippen molar-refractivity contribution in [1.29, 1.82) is 5.26 Å². The lowest BCUT2D eigenvalue weighted by molar-refractivity contribution is -0.138. The minimum absolute atomic E-state index is 0.0103. The van der Waals surface area contributed by atoms with Crippen LogP contribution < -0.4 is 5.32 Å². The number of hydrogen-bond donors (Lipinski definition) is 1. The molecule has 5 heteroatoms. The van der Waals surface area contributed by atoms with Crippen LogP contribution in [0.2, 0.25) is 0 Å². The van der Waals surface area contributed by atoms with E-state index in [9.17, 15) is 10.1 Å². The Morgan fingerprint density at radius 1 is 1.30 bits per heavy atom. The summed E-state index contributed by atoms with van der Waals surface area (Å²) < 4.78 is 4.98. The first-order valence-electron chi connectivity index (χ1n) is 7.66. The smallest absolute Gasteiger partial charge is 0.352 e. The number of nitrogens with one attached hydrogen (secondary N) is 1. The van der Waals surface area contributed by atoms with Gasteiger partial charge in [-0.3, -0.25) is 0 Å². The number of rotatable bonds is 5. The van der Waals surface area contributed by atoms with Crippen LogP contribution in [0.15, 0.2) is 53.1 Å². The predicted octanol–water partition coefficient (Wildman–Crippen LogP) is 2.68. The van der Waals surface area contributed by atoms with E-state index in [-0.39, 0.29) is 12.2 Å². The Balaban J connectivity index is 2.25. The first-order valence-corrected chi connectivity index (χ1v) is 7.66. The van der Waals surface area contributed by atoms with Crippen molar-refractivity contribution in [2.75, 3.05) is 13.2 Å². The van der Waals surface area contributed by atoms with Crippen molar-refractivity contribution in [3.63, 3.8) is 0 Å². The van der Waals surface area contributed by atoms with Crippen molar-refractivity contribution < 1.29 is 9.53 Å². The summed E-state index contributed by atoms with van der Waals surface area (Å²) in [7, 11) is 0. The molecule has 1 aliphatic rings. The van der Waals surface area contributed by atoms with Gasteiger partial charge in [-0.2, -0.15) is 5.26 Å². The van der Waals surface area contributed by atoms with E-state index in [1.807, 2.05) is 43.0 Å². The summed E-state index contributed by atoms with van der Waals surface area (Å²) in [6, 6.07) is 12.1. The number of nitriles is 1. The molecule has 5 nitrogen and oxygen atoms in total. The van der Waals surface area contributed by atoms with Crippen molar-refractivity contribution in [3.05, 3.63) is 58.7 Å². The molecule has 0 saturated heterocycles. The maximum Gasteiger partial charge on any atom is 0.352 e. The van der Waals surface area contributed by atoms with Gasteiger partial charge in [0.15, 0.2) is 5.57 Å². The summed E-state index contributed by atoms with van der Waals surface area (Å²) in [5.41, 5.74) is 3.16. The van der Waals surface area contributed by atoms with Crippen molar-refractivity contribution in [1.82, 2.24) is 10.2 Å². The highest BCUT2D eigenvalue weighted by Crippen LogP contribution is 2.25. The van der Waals surface area contributed by atoms with Crippen LogP contribution in [0.3, 0.4) is 0 Å². The highest BCUT2D eigenvalue weighted by Gasteiger charge is 2.28. The zero-order chi connectivity index (χ0) is 16.8. The zero-order valence-corrected chi connectivity index (χ0v) is 13.7.